The van der Waals surface area contributed by atoms with Gasteiger partial charge in [-0.3, -0.25) is 14.5 Å². The molecule has 1 N–H and O–H groups in total. The van der Waals surface area contributed by atoms with Gasteiger partial charge in [-0.2, -0.15) is 0 Å². The molecule has 1 aliphatic rings. The molecular formula is C16H22N2O3. The number of nitrogens with one attached hydrogen (secondary N) is 1. The molecule has 0 amide bonds. The molecule has 1 aliphatic heterocycles. The fraction of sp³-hybridized carbons (Fsp3) is 0.500. The average molecular weight is 290 g/mol. The monoisotopic (exact) mass is 290 g/mol. The Balaban J connectivity index is 1.60. The zero-order valence-corrected chi connectivity index (χ0v) is 12.2. The van der Waals surface area contributed by atoms with Crippen molar-refractivity contribution in [3.63, 3.8) is 0 Å². The fourth-order valence-corrected chi connectivity index (χ4v) is 2.28. The Labute approximate surface area is 125 Å². The summed E-state index contributed by atoms with van der Waals surface area (Å²) in [5, 5.41) is 3.28. The van der Waals surface area contributed by atoms with Crippen LogP contribution in [0.5, 0.6) is 0 Å². The van der Waals surface area contributed by atoms with Gasteiger partial charge in [0, 0.05) is 44.7 Å². The van der Waals surface area contributed by atoms with Crippen molar-refractivity contribution in [2.45, 2.75) is 12.8 Å². The molecule has 0 saturated carbocycles. The maximum atomic E-state index is 11.8. The van der Waals surface area contributed by atoms with Gasteiger partial charge in [-0.15, -0.1) is 0 Å². The van der Waals surface area contributed by atoms with Crippen LogP contribution in [0.2, 0.25) is 0 Å². The molecule has 2 rings (SSSR count). The first-order chi connectivity index (χ1) is 10.3. The van der Waals surface area contributed by atoms with Crippen molar-refractivity contribution in [1.82, 2.24) is 10.2 Å². The molecule has 1 heterocycles. The number of hydrogen-bond donors (Lipinski definition) is 1. The number of carbonyl (C=O) groups excluding carboxylic acids is 2. The Kier molecular flexibility index (Phi) is 6.37. The lowest BCUT2D eigenvalue weighted by Crippen LogP contribution is -2.44. The van der Waals surface area contributed by atoms with Gasteiger partial charge < -0.3 is 10.1 Å². The first-order valence-electron chi connectivity index (χ1n) is 7.42. The number of nitrogens with zero attached hydrogens (tertiary/aromatic N) is 1. The van der Waals surface area contributed by atoms with Gasteiger partial charge in [0.1, 0.15) is 6.61 Å². The number of ketones is 1. The molecule has 5 nitrogen and oxygen atoms in total. The Morgan fingerprint density at radius 1 is 1.10 bits per heavy atom. The molecule has 0 atom stereocenters. The summed E-state index contributed by atoms with van der Waals surface area (Å²) in [4.78, 5) is 25.7. The van der Waals surface area contributed by atoms with Crippen LogP contribution in [0.1, 0.15) is 23.2 Å². The lowest BCUT2D eigenvalue weighted by molar-refractivity contribution is -0.144. The van der Waals surface area contributed by atoms with Gasteiger partial charge in [0.2, 0.25) is 0 Å². The third-order valence-electron chi connectivity index (χ3n) is 3.53. The number of carbonyl (C=O) groups is 2. The van der Waals surface area contributed by atoms with E-state index in [4.69, 9.17) is 4.74 Å². The molecular weight excluding hydrogens is 268 g/mol. The summed E-state index contributed by atoms with van der Waals surface area (Å²) in [6.45, 7) is 5.12. The number of esters is 1. The predicted molar refractivity (Wildman–Crippen MR) is 80.3 cm³/mol. The molecule has 1 saturated heterocycles. The quantitative estimate of drug-likeness (QED) is 0.602. The van der Waals surface area contributed by atoms with E-state index >= 15 is 0 Å². The highest BCUT2D eigenvalue weighted by atomic mass is 16.5. The van der Waals surface area contributed by atoms with E-state index in [-0.39, 0.29) is 24.6 Å². The maximum Gasteiger partial charge on any atom is 0.306 e. The van der Waals surface area contributed by atoms with Crippen molar-refractivity contribution in [2.75, 3.05) is 39.3 Å². The zero-order chi connectivity index (χ0) is 14.9. The number of hydrogen-bond acceptors (Lipinski definition) is 5. The first kappa shape index (κ1) is 15.7. The van der Waals surface area contributed by atoms with E-state index < -0.39 is 0 Å². The molecule has 0 unspecified atom stereocenters. The Morgan fingerprint density at radius 3 is 2.52 bits per heavy atom. The molecule has 0 bridgehead atoms. The van der Waals surface area contributed by atoms with Gasteiger partial charge in [-0.05, 0) is 0 Å². The van der Waals surface area contributed by atoms with Crippen LogP contribution in [-0.2, 0) is 9.53 Å². The summed E-state index contributed by atoms with van der Waals surface area (Å²) < 4.78 is 5.18. The van der Waals surface area contributed by atoms with Crippen LogP contribution in [-0.4, -0.2) is 56.0 Å². The topological polar surface area (TPSA) is 58.6 Å². The van der Waals surface area contributed by atoms with Gasteiger partial charge in [0.15, 0.2) is 5.78 Å². The Bertz CT molecular complexity index is 456. The lowest BCUT2D eigenvalue weighted by atomic mass is 10.1. The second-order valence-electron chi connectivity index (χ2n) is 5.10. The van der Waals surface area contributed by atoms with Gasteiger partial charge in [-0.1, -0.05) is 30.3 Å². The molecule has 0 spiro atoms. The number of Topliss-reactive ketones (excluding diaryl/α,β-unsaturated/α-hetero) is 1. The minimum atomic E-state index is -0.297. The number of rotatable bonds is 7. The van der Waals surface area contributed by atoms with E-state index in [9.17, 15) is 9.59 Å². The predicted octanol–water partition coefficient (Wildman–Crippen LogP) is 1.10. The largest absolute Gasteiger partial charge is 0.464 e. The van der Waals surface area contributed by atoms with E-state index in [1.807, 2.05) is 18.2 Å². The smallest absolute Gasteiger partial charge is 0.306 e. The summed E-state index contributed by atoms with van der Waals surface area (Å²) in [5.74, 6) is -0.316. The van der Waals surface area contributed by atoms with Gasteiger partial charge >= 0.3 is 5.97 Å². The summed E-state index contributed by atoms with van der Waals surface area (Å²) >= 11 is 0. The summed E-state index contributed by atoms with van der Waals surface area (Å²) in [7, 11) is 0. The van der Waals surface area contributed by atoms with E-state index in [2.05, 4.69) is 10.2 Å². The molecule has 21 heavy (non-hydrogen) atoms. The van der Waals surface area contributed by atoms with Crippen LogP contribution in [0.4, 0.5) is 0 Å². The molecule has 1 aromatic rings. The van der Waals surface area contributed by atoms with Crippen LogP contribution < -0.4 is 5.32 Å². The summed E-state index contributed by atoms with van der Waals surface area (Å²) in [5.41, 5.74) is 0.645. The molecule has 5 heteroatoms. The van der Waals surface area contributed by atoms with Crippen molar-refractivity contribution in [1.29, 1.82) is 0 Å². The van der Waals surface area contributed by atoms with Crippen LogP contribution in [0.3, 0.4) is 0 Å². The highest BCUT2D eigenvalue weighted by molar-refractivity contribution is 5.97. The zero-order valence-electron chi connectivity index (χ0n) is 12.2. The molecule has 1 aromatic carbocycles. The number of benzene rings is 1. The van der Waals surface area contributed by atoms with Gasteiger partial charge in [-0.25, -0.2) is 0 Å². The van der Waals surface area contributed by atoms with E-state index in [1.54, 1.807) is 12.1 Å². The van der Waals surface area contributed by atoms with Crippen molar-refractivity contribution < 1.29 is 14.3 Å². The van der Waals surface area contributed by atoms with Gasteiger partial charge in [0.05, 0.1) is 6.42 Å². The second-order valence-corrected chi connectivity index (χ2v) is 5.10. The fourth-order valence-electron chi connectivity index (χ4n) is 2.28. The normalized spacial score (nSPS) is 15.6. The molecule has 0 aliphatic carbocycles. The van der Waals surface area contributed by atoms with Gasteiger partial charge in [0.25, 0.3) is 0 Å². The van der Waals surface area contributed by atoms with Crippen LogP contribution in [0.15, 0.2) is 30.3 Å². The lowest BCUT2D eigenvalue weighted by Gasteiger charge is -2.26. The van der Waals surface area contributed by atoms with E-state index in [0.29, 0.717) is 12.2 Å². The molecule has 0 aromatic heterocycles. The van der Waals surface area contributed by atoms with Crippen molar-refractivity contribution >= 4 is 11.8 Å². The Morgan fingerprint density at radius 2 is 1.81 bits per heavy atom. The third kappa shape index (κ3) is 5.65. The standard InChI is InChI=1S/C16H22N2O3/c19-15(14-4-2-1-3-5-14)6-7-16(20)21-13-12-18-10-8-17-9-11-18/h1-5,17H,6-13H2. The SMILES string of the molecule is O=C(CCC(=O)c1ccccc1)OCCN1CCNCC1. The van der Waals surface area contributed by atoms with Crippen LogP contribution in [0, 0.1) is 0 Å². The Hall–Kier alpha value is -1.72. The highest BCUT2D eigenvalue weighted by Crippen LogP contribution is 2.05. The van der Waals surface area contributed by atoms with Crippen LogP contribution in [0.25, 0.3) is 0 Å². The van der Waals surface area contributed by atoms with Crippen LogP contribution >= 0.6 is 0 Å². The molecule has 0 radical (unpaired) electrons. The number of ether oxygens (including phenoxy) is 1. The number of piperazine rings is 1. The second kappa shape index (κ2) is 8.54. The minimum absolute atomic E-state index is 0.0188. The minimum Gasteiger partial charge on any atom is -0.464 e. The van der Waals surface area contributed by atoms with E-state index in [1.165, 1.54) is 0 Å². The molecule has 1 fully saturated rings. The summed E-state index contributed by atoms with van der Waals surface area (Å²) in [6.07, 6.45) is 0.353. The maximum absolute atomic E-state index is 11.8. The van der Waals surface area contributed by atoms with Crippen molar-refractivity contribution in [3.8, 4) is 0 Å². The summed E-state index contributed by atoms with van der Waals surface area (Å²) in [6, 6.07) is 9.02. The third-order valence-corrected chi connectivity index (χ3v) is 3.53. The first-order valence-corrected chi connectivity index (χ1v) is 7.42. The highest BCUT2D eigenvalue weighted by Gasteiger charge is 2.12. The molecule has 114 valence electrons. The average Bonchev–Trinajstić information content (AvgIpc) is 2.54. The van der Waals surface area contributed by atoms with Crippen molar-refractivity contribution in [3.05, 3.63) is 35.9 Å². The van der Waals surface area contributed by atoms with E-state index in [0.717, 1.165) is 32.7 Å². The van der Waals surface area contributed by atoms with Crippen molar-refractivity contribution in [2.24, 2.45) is 0 Å².